The first-order valence-electron chi connectivity index (χ1n) is 6.09. The zero-order valence-electron chi connectivity index (χ0n) is 10.8. The van der Waals surface area contributed by atoms with Crippen molar-refractivity contribution in [2.45, 2.75) is 32.0 Å². The maximum Gasteiger partial charge on any atom is 0.419 e. The second-order valence-corrected chi connectivity index (χ2v) is 4.32. The van der Waals surface area contributed by atoms with E-state index in [9.17, 15) is 27.5 Å². The summed E-state index contributed by atoms with van der Waals surface area (Å²) in [5, 5.41) is 11.6. The summed E-state index contributed by atoms with van der Waals surface area (Å²) in [6, 6.07) is 2.49. The molecule has 0 spiro atoms. The summed E-state index contributed by atoms with van der Waals surface area (Å²) < 4.78 is 51.1. The molecule has 1 aromatic rings. The van der Waals surface area contributed by atoms with Crippen molar-refractivity contribution in [3.05, 3.63) is 35.1 Å². The Morgan fingerprint density at radius 2 is 2.05 bits per heavy atom. The maximum atomic E-state index is 13.6. The number of carbonyl (C=O) groups is 1. The summed E-state index contributed by atoms with van der Waals surface area (Å²) >= 11 is 0. The molecule has 1 atom stereocenters. The molecule has 0 aliphatic carbocycles. The molecule has 112 valence electrons. The Hall–Kier alpha value is -1.63. The van der Waals surface area contributed by atoms with Gasteiger partial charge >= 0.3 is 6.18 Å². The Kier molecular flexibility index (Phi) is 5.50. The van der Waals surface area contributed by atoms with Gasteiger partial charge in [-0.3, -0.25) is 4.79 Å². The first-order valence-corrected chi connectivity index (χ1v) is 6.09. The highest BCUT2D eigenvalue weighted by Crippen LogP contribution is 2.32. The van der Waals surface area contributed by atoms with Crippen LogP contribution in [0.1, 0.15) is 35.7 Å². The molecule has 0 heterocycles. The predicted molar refractivity (Wildman–Crippen MR) is 64.7 cm³/mol. The Labute approximate surface area is 113 Å². The van der Waals surface area contributed by atoms with E-state index in [2.05, 4.69) is 5.32 Å². The predicted octanol–water partition coefficient (Wildman–Crippen LogP) is 2.74. The van der Waals surface area contributed by atoms with Gasteiger partial charge in [-0.05, 0) is 18.6 Å². The van der Waals surface area contributed by atoms with E-state index < -0.39 is 35.1 Å². The highest BCUT2D eigenvalue weighted by atomic mass is 19.4. The minimum Gasteiger partial charge on any atom is -0.391 e. The van der Waals surface area contributed by atoms with Crippen LogP contribution in [0.15, 0.2) is 18.2 Å². The minimum absolute atomic E-state index is 0.137. The van der Waals surface area contributed by atoms with E-state index >= 15 is 0 Å². The lowest BCUT2D eigenvalue weighted by atomic mass is 10.1. The Balaban J connectivity index is 2.84. The molecular weight excluding hydrogens is 278 g/mol. The monoisotopic (exact) mass is 293 g/mol. The summed E-state index contributed by atoms with van der Waals surface area (Å²) in [5.74, 6) is -2.59. The van der Waals surface area contributed by atoms with Crippen LogP contribution in [-0.4, -0.2) is 23.7 Å². The molecule has 20 heavy (non-hydrogen) atoms. The third kappa shape index (κ3) is 4.19. The number of aliphatic hydroxyl groups is 1. The lowest BCUT2D eigenvalue weighted by Gasteiger charge is -2.13. The average Bonchev–Trinajstić information content (AvgIpc) is 2.35. The number of rotatable bonds is 5. The number of hydrogen-bond acceptors (Lipinski definition) is 2. The molecule has 0 aliphatic heterocycles. The molecule has 0 fully saturated rings. The van der Waals surface area contributed by atoms with Crippen molar-refractivity contribution in [1.82, 2.24) is 5.32 Å². The standard InChI is InChI=1S/C13H15F4NO2/c1-2-4-8(19)7-18-12(20)9-5-3-6-10(11(9)14)13(15,16)17/h3,5-6,8,19H,2,4,7H2,1H3,(H,18,20). The van der Waals surface area contributed by atoms with Gasteiger partial charge in [0.25, 0.3) is 5.91 Å². The van der Waals surface area contributed by atoms with Crippen LogP contribution in [0, 0.1) is 5.82 Å². The quantitative estimate of drug-likeness (QED) is 0.820. The smallest absolute Gasteiger partial charge is 0.391 e. The molecule has 2 N–H and O–H groups in total. The van der Waals surface area contributed by atoms with Crippen LogP contribution >= 0.6 is 0 Å². The van der Waals surface area contributed by atoms with E-state index in [1.165, 1.54) is 0 Å². The van der Waals surface area contributed by atoms with Crippen LogP contribution in [0.3, 0.4) is 0 Å². The van der Waals surface area contributed by atoms with Crippen molar-refractivity contribution in [2.24, 2.45) is 0 Å². The summed E-state index contributed by atoms with van der Waals surface area (Å²) in [4.78, 5) is 11.6. The summed E-state index contributed by atoms with van der Waals surface area (Å²) in [6.45, 7) is 1.69. The van der Waals surface area contributed by atoms with Crippen molar-refractivity contribution in [3.8, 4) is 0 Å². The fourth-order valence-electron chi connectivity index (χ4n) is 1.67. The van der Waals surface area contributed by atoms with Crippen LogP contribution < -0.4 is 5.32 Å². The molecule has 0 radical (unpaired) electrons. The highest BCUT2D eigenvalue weighted by Gasteiger charge is 2.35. The molecule has 0 bridgehead atoms. The molecule has 0 saturated carbocycles. The molecule has 0 saturated heterocycles. The zero-order valence-corrected chi connectivity index (χ0v) is 10.8. The van der Waals surface area contributed by atoms with Gasteiger partial charge in [-0.25, -0.2) is 4.39 Å². The average molecular weight is 293 g/mol. The van der Waals surface area contributed by atoms with E-state index in [-0.39, 0.29) is 6.54 Å². The number of benzene rings is 1. The third-order valence-corrected chi connectivity index (χ3v) is 2.67. The lowest BCUT2D eigenvalue weighted by Crippen LogP contribution is -2.32. The molecule has 0 aromatic heterocycles. The second-order valence-electron chi connectivity index (χ2n) is 4.32. The largest absolute Gasteiger partial charge is 0.419 e. The molecule has 1 aromatic carbocycles. The SMILES string of the molecule is CCCC(O)CNC(=O)c1cccc(C(F)(F)F)c1F. The number of halogens is 4. The van der Waals surface area contributed by atoms with Crippen LogP contribution in [0.2, 0.25) is 0 Å². The summed E-state index contributed by atoms with van der Waals surface area (Å²) in [7, 11) is 0. The van der Waals surface area contributed by atoms with Crippen molar-refractivity contribution in [2.75, 3.05) is 6.54 Å². The number of alkyl halides is 3. The third-order valence-electron chi connectivity index (χ3n) is 2.67. The Morgan fingerprint density at radius 3 is 2.60 bits per heavy atom. The number of hydrogen-bond donors (Lipinski definition) is 2. The van der Waals surface area contributed by atoms with E-state index in [0.717, 1.165) is 12.1 Å². The van der Waals surface area contributed by atoms with Crippen molar-refractivity contribution < 1.29 is 27.5 Å². The van der Waals surface area contributed by atoms with Gasteiger partial charge in [-0.2, -0.15) is 13.2 Å². The zero-order chi connectivity index (χ0) is 15.3. The Bertz CT molecular complexity index is 474. The van der Waals surface area contributed by atoms with Crippen molar-refractivity contribution in [3.63, 3.8) is 0 Å². The molecule has 0 aliphatic rings. The van der Waals surface area contributed by atoms with Crippen LogP contribution in [0.5, 0.6) is 0 Å². The van der Waals surface area contributed by atoms with Gasteiger partial charge in [0, 0.05) is 6.54 Å². The van der Waals surface area contributed by atoms with Gasteiger partial charge in [0.1, 0.15) is 5.82 Å². The molecule has 7 heteroatoms. The molecule has 1 unspecified atom stereocenters. The van der Waals surface area contributed by atoms with Crippen LogP contribution in [0.25, 0.3) is 0 Å². The van der Waals surface area contributed by atoms with Crippen LogP contribution in [-0.2, 0) is 6.18 Å². The number of aliphatic hydroxyl groups excluding tert-OH is 1. The van der Waals surface area contributed by atoms with E-state index in [4.69, 9.17) is 0 Å². The van der Waals surface area contributed by atoms with Gasteiger partial charge < -0.3 is 10.4 Å². The van der Waals surface area contributed by atoms with Gasteiger partial charge in [0.15, 0.2) is 0 Å². The maximum absolute atomic E-state index is 13.6. The van der Waals surface area contributed by atoms with Gasteiger partial charge in [-0.15, -0.1) is 0 Å². The van der Waals surface area contributed by atoms with Gasteiger partial charge in [0.2, 0.25) is 0 Å². The minimum atomic E-state index is -4.86. The van der Waals surface area contributed by atoms with Crippen molar-refractivity contribution in [1.29, 1.82) is 0 Å². The molecule has 1 rings (SSSR count). The van der Waals surface area contributed by atoms with E-state index in [1.807, 2.05) is 6.92 Å². The topological polar surface area (TPSA) is 49.3 Å². The molecule has 1 amide bonds. The fourth-order valence-corrected chi connectivity index (χ4v) is 1.67. The number of carbonyl (C=O) groups excluding carboxylic acids is 1. The number of amides is 1. The number of nitrogens with one attached hydrogen (secondary N) is 1. The summed E-state index contributed by atoms with van der Waals surface area (Å²) in [5.41, 5.74) is -2.18. The van der Waals surface area contributed by atoms with Crippen LogP contribution in [0.4, 0.5) is 17.6 Å². The van der Waals surface area contributed by atoms with Crippen molar-refractivity contribution >= 4 is 5.91 Å². The fraction of sp³-hybridized carbons (Fsp3) is 0.462. The molecular formula is C13H15F4NO2. The molecule has 3 nitrogen and oxygen atoms in total. The first-order chi connectivity index (χ1) is 9.27. The highest BCUT2D eigenvalue weighted by molar-refractivity contribution is 5.94. The first kappa shape index (κ1) is 16.4. The summed E-state index contributed by atoms with van der Waals surface area (Å²) in [6.07, 6.45) is -4.54. The van der Waals surface area contributed by atoms with E-state index in [0.29, 0.717) is 18.9 Å². The van der Waals surface area contributed by atoms with Gasteiger partial charge in [0.05, 0.1) is 17.2 Å². The van der Waals surface area contributed by atoms with Gasteiger partial charge in [-0.1, -0.05) is 19.4 Å². The normalized spacial score (nSPS) is 13.1. The van der Waals surface area contributed by atoms with E-state index in [1.54, 1.807) is 0 Å². The second kappa shape index (κ2) is 6.69. The lowest BCUT2D eigenvalue weighted by molar-refractivity contribution is -0.140. The Morgan fingerprint density at radius 1 is 1.40 bits per heavy atom.